The quantitative estimate of drug-likeness (QED) is 0.192. The molecule has 0 atom stereocenters. The van der Waals surface area contributed by atoms with Gasteiger partial charge in [0.05, 0.1) is 13.1 Å². The molecule has 6 heteroatoms. The third-order valence-corrected chi connectivity index (χ3v) is 9.13. The Balaban J connectivity index is 1.86. The first kappa shape index (κ1) is 22.0. The number of aromatic nitrogens is 2. The van der Waals surface area contributed by atoms with Crippen molar-refractivity contribution in [2.45, 2.75) is 45.3 Å². The molecule has 1 aromatic heterocycles. The summed E-state index contributed by atoms with van der Waals surface area (Å²) in [6, 6.07) is 18.3. The number of aryl methyl sites for hydroxylation is 2. The molecule has 1 heterocycles. The molecule has 31 heavy (non-hydrogen) atoms. The van der Waals surface area contributed by atoms with Crippen LogP contribution in [-0.4, -0.2) is 34.7 Å². The van der Waals surface area contributed by atoms with E-state index in [-0.39, 0.29) is 0 Å². The minimum Gasteiger partial charge on any atom is -0.377 e. The second kappa shape index (κ2) is 9.49. The maximum atomic E-state index is 5.63. The minimum atomic E-state index is -2.57. The molecule has 5 nitrogen and oxygen atoms in total. The van der Waals surface area contributed by atoms with E-state index in [1.807, 2.05) is 0 Å². The van der Waals surface area contributed by atoms with Crippen molar-refractivity contribution in [1.82, 2.24) is 4.57 Å². The summed E-state index contributed by atoms with van der Waals surface area (Å²) in [6.45, 7) is 4.16. The summed E-state index contributed by atoms with van der Waals surface area (Å²) in [6.07, 6.45) is 5.57. The molecule has 0 amide bonds. The molecule has 0 bridgehead atoms. The maximum Gasteiger partial charge on any atom is 0.500 e. The van der Waals surface area contributed by atoms with E-state index in [1.165, 1.54) is 39.0 Å². The number of unbranched alkanes of at least 4 members (excludes halogenated alkanes) is 1. The lowest BCUT2D eigenvalue weighted by molar-refractivity contribution is -0.671. The number of hydrogen-bond acceptors (Lipinski definition) is 3. The minimum absolute atomic E-state index is 0.788. The Morgan fingerprint density at radius 3 is 2.00 bits per heavy atom. The van der Waals surface area contributed by atoms with Gasteiger partial charge in [-0.25, -0.2) is 9.13 Å². The van der Waals surface area contributed by atoms with Crippen LogP contribution in [0.15, 0.2) is 54.9 Å². The van der Waals surface area contributed by atoms with Crippen LogP contribution in [0, 0.1) is 0 Å². The van der Waals surface area contributed by atoms with Crippen LogP contribution in [0.25, 0.3) is 32.6 Å². The van der Waals surface area contributed by atoms with Gasteiger partial charge < -0.3 is 13.3 Å². The van der Waals surface area contributed by atoms with Crippen LogP contribution in [0.5, 0.6) is 0 Å². The van der Waals surface area contributed by atoms with Gasteiger partial charge in [0.15, 0.2) is 11.0 Å². The summed E-state index contributed by atoms with van der Waals surface area (Å²) in [4.78, 5) is 0. The largest absolute Gasteiger partial charge is 0.500 e. The van der Waals surface area contributed by atoms with Crippen molar-refractivity contribution in [2.24, 2.45) is 0 Å². The number of hydrogen-bond donors (Lipinski definition) is 0. The summed E-state index contributed by atoms with van der Waals surface area (Å²) in [5.74, 6) is 0. The van der Waals surface area contributed by atoms with Gasteiger partial charge in [0.2, 0.25) is 6.33 Å². The first-order chi connectivity index (χ1) is 15.2. The molecule has 0 unspecified atom stereocenters. The van der Waals surface area contributed by atoms with Gasteiger partial charge in [0.25, 0.3) is 0 Å². The summed E-state index contributed by atoms with van der Waals surface area (Å²) in [7, 11) is 2.48. The van der Waals surface area contributed by atoms with Gasteiger partial charge in [0.1, 0.15) is 0 Å². The lowest BCUT2D eigenvalue weighted by Crippen LogP contribution is -2.44. The molecule has 0 aliphatic rings. The Hall–Kier alpha value is -2.25. The van der Waals surface area contributed by atoms with Crippen LogP contribution in [0.3, 0.4) is 0 Å². The number of nitrogens with zero attached hydrogens (tertiary/aromatic N) is 2. The Labute approximate surface area is 185 Å². The third kappa shape index (κ3) is 4.01. The zero-order valence-corrected chi connectivity index (χ0v) is 20.1. The molecule has 0 saturated carbocycles. The van der Waals surface area contributed by atoms with Crippen molar-refractivity contribution in [3.05, 3.63) is 54.9 Å². The van der Waals surface area contributed by atoms with Crippen LogP contribution < -0.4 is 4.57 Å². The fourth-order valence-electron chi connectivity index (χ4n) is 4.66. The molecule has 0 N–H and O–H groups in total. The lowest BCUT2D eigenvalue weighted by Gasteiger charge is -2.23. The number of rotatable bonds is 10. The van der Waals surface area contributed by atoms with E-state index in [4.69, 9.17) is 13.3 Å². The third-order valence-electron chi connectivity index (χ3n) is 6.30. The normalized spacial score (nSPS) is 12.4. The molecular formula is C25H33N2O3Si+. The van der Waals surface area contributed by atoms with Crippen molar-refractivity contribution >= 4 is 41.4 Å². The highest BCUT2D eigenvalue weighted by Crippen LogP contribution is 2.34. The van der Waals surface area contributed by atoms with Crippen LogP contribution in [0.4, 0.5) is 0 Å². The predicted octanol–water partition coefficient (Wildman–Crippen LogP) is 5.30. The van der Waals surface area contributed by atoms with Crippen LogP contribution in [-0.2, 0) is 26.4 Å². The van der Waals surface area contributed by atoms with E-state index in [9.17, 15) is 0 Å². The highest BCUT2D eigenvalue weighted by atomic mass is 28.4. The molecule has 0 aliphatic carbocycles. The number of fused-ring (bicyclic) bond motifs is 6. The Bertz CT molecular complexity index is 1180. The van der Waals surface area contributed by atoms with Crippen LogP contribution >= 0.6 is 0 Å². The van der Waals surface area contributed by atoms with E-state index >= 15 is 0 Å². The molecule has 4 rings (SSSR count). The first-order valence-electron chi connectivity index (χ1n) is 11.1. The summed E-state index contributed by atoms with van der Waals surface area (Å²) < 4.78 is 21.7. The fourth-order valence-corrected chi connectivity index (χ4v) is 6.36. The average molecular weight is 438 g/mol. The van der Waals surface area contributed by atoms with E-state index in [0.29, 0.717) is 0 Å². The summed E-state index contributed by atoms with van der Waals surface area (Å²) in [5.41, 5.74) is 2.64. The SMILES string of the molecule is CCCCn1c[n+](CCC[Si](OC)(OC)OC)c2c3ccccc3c3ccccc3c21. The van der Waals surface area contributed by atoms with E-state index < -0.39 is 8.80 Å². The van der Waals surface area contributed by atoms with E-state index in [0.717, 1.165) is 32.0 Å². The molecule has 0 fully saturated rings. The standard InChI is InChI=1S/C25H33N2O3Si/c1-5-6-16-26-19-27(17-11-18-31(28-2,29-3)30-4)25-23-15-10-8-13-21(23)20-12-7-9-14-22(20)24(25)26/h7-10,12-15,19H,5-6,11,16-18H2,1-4H3/q+1. The molecule has 3 aromatic carbocycles. The number of imidazole rings is 1. The summed E-state index contributed by atoms with van der Waals surface area (Å²) >= 11 is 0. The second-order valence-corrected chi connectivity index (χ2v) is 11.1. The van der Waals surface area contributed by atoms with Gasteiger partial charge in [-0.2, -0.15) is 0 Å². The Morgan fingerprint density at radius 2 is 1.39 bits per heavy atom. The average Bonchev–Trinajstić information content (AvgIpc) is 3.20. The van der Waals surface area contributed by atoms with Crippen LogP contribution in [0.2, 0.25) is 6.04 Å². The molecule has 0 spiro atoms. The molecule has 0 radical (unpaired) electrons. The topological polar surface area (TPSA) is 36.5 Å². The van der Waals surface area contributed by atoms with Gasteiger partial charge in [-0.1, -0.05) is 49.7 Å². The fraction of sp³-hybridized carbons (Fsp3) is 0.400. The monoisotopic (exact) mass is 437 g/mol. The first-order valence-corrected chi connectivity index (χ1v) is 13.1. The van der Waals surface area contributed by atoms with Crippen molar-refractivity contribution in [3.8, 4) is 0 Å². The van der Waals surface area contributed by atoms with E-state index in [1.54, 1.807) is 21.3 Å². The van der Waals surface area contributed by atoms with Gasteiger partial charge >= 0.3 is 8.80 Å². The molecular weight excluding hydrogens is 404 g/mol. The van der Waals surface area contributed by atoms with Crippen molar-refractivity contribution in [2.75, 3.05) is 21.3 Å². The summed E-state index contributed by atoms with van der Waals surface area (Å²) in [5, 5.41) is 5.25. The smallest absolute Gasteiger partial charge is 0.377 e. The molecule has 0 saturated heterocycles. The Morgan fingerprint density at radius 1 is 0.806 bits per heavy atom. The maximum absolute atomic E-state index is 5.63. The van der Waals surface area contributed by atoms with E-state index in [2.05, 4.69) is 70.9 Å². The number of benzene rings is 3. The zero-order valence-electron chi connectivity index (χ0n) is 19.1. The van der Waals surface area contributed by atoms with Gasteiger partial charge in [-0.15, -0.1) is 0 Å². The van der Waals surface area contributed by atoms with Crippen LogP contribution in [0.1, 0.15) is 26.2 Å². The van der Waals surface area contributed by atoms with Gasteiger partial charge in [-0.3, -0.25) is 0 Å². The molecule has 164 valence electrons. The van der Waals surface area contributed by atoms with Gasteiger partial charge in [-0.05, 0) is 35.7 Å². The predicted molar refractivity (Wildman–Crippen MR) is 128 cm³/mol. The van der Waals surface area contributed by atoms with Crippen molar-refractivity contribution < 1.29 is 17.8 Å². The molecule has 4 aromatic rings. The van der Waals surface area contributed by atoms with Gasteiger partial charge in [0, 0.05) is 38.1 Å². The highest BCUT2D eigenvalue weighted by Gasteiger charge is 2.37. The highest BCUT2D eigenvalue weighted by molar-refractivity contribution is 6.60. The molecule has 0 aliphatic heterocycles. The lowest BCUT2D eigenvalue weighted by atomic mass is 9.99. The van der Waals surface area contributed by atoms with Crippen molar-refractivity contribution in [1.29, 1.82) is 0 Å². The van der Waals surface area contributed by atoms with Crippen molar-refractivity contribution in [3.63, 3.8) is 0 Å². The second-order valence-electron chi connectivity index (χ2n) is 8.04. The Kier molecular flexibility index (Phi) is 6.72. The zero-order chi connectivity index (χ0) is 21.8.